The van der Waals surface area contributed by atoms with E-state index in [1.165, 1.54) is 29.3 Å². The van der Waals surface area contributed by atoms with E-state index < -0.39 is 29.6 Å². The Hall–Kier alpha value is -3.82. The molecule has 0 spiro atoms. The maximum Gasteiger partial charge on any atom is 0.269 e. The Balaban J connectivity index is 1.60. The van der Waals surface area contributed by atoms with E-state index in [1.54, 1.807) is 54.6 Å². The van der Waals surface area contributed by atoms with E-state index in [0.717, 1.165) is 4.90 Å². The molecular weight excluding hydrogens is 479 g/mol. The third kappa shape index (κ3) is 5.05. The van der Waals surface area contributed by atoms with Crippen LogP contribution in [0.3, 0.4) is 0 Å². The Morgan fingerprint density at radius 2 is 1.71 bits per heavy atom. The van der Waals surface area contributed by atoms with Crippen molar-refractivity contribution in [1.29, 1.82) is 0 Å². The van der Waals surface area contributed by atoms with Gasteiger partial charge in [-0.1, -0.05) is 35.9 Å². The molecule has 4 rings (SSSR count). The van der Waals surface area contributed by atoms with Gasteiger partial charge in [-0.2, -0.15) is 0 Å². The molecule has 7 nitrogen and oxygen atoms in total. The van der Waals surface area contributed by atoms with Crippen LogP contribution in [-0.2, 0) is 9.59 Å². The summed E-state index contributed by atoms with van der Waals surface area (Å²) in [6.45, 7) is 0. The zero-order valence-corrected chi connectivity index (χ0v) is 19.1. The number of benzene rings is 3. The highest BCUT2D eigenvalue weighted by Gasteiger charge is 2.45. The number of hydrogen-bond acceptors (Lipinski definition) is 4. The van der Waals surface area contributed by atoms with Crippen LogP contribution in [0.15, 0.2) is 78.9 Å². The van der Waals surface area contributed by atoms with E-state index in [1.807, 2.05) is 0 Å². The second-order valence-corrected chi connectivity index (χ2v) is 8.19. The van der Waals surface area contributed by atoms with Gasteiger partial charge < -0.3 is 5.32 Å². The van der Waals surface area contributed by atoms with Gasteiger partial charge in [0.05, 0.1) is 12.1 Å². The Labute approximate surface area is 205 Å². The summed E-state index contributed by atoms with van der Waals surface area (Å²) in [6, 6.07) is 19.0. The lowest BCUT2D eigenvalue weighted by Crippen LogP contribution is -2.49. The van der Waals surface area contributed by atoms with Crippen molar-refractivity contribution in [1.82, 2.24) is 10.4 Å². The summed E-state index contributed by atoms with van der Waals surface area (Å²) >= 11 is 11.4. The molecule has 0 aromatic heterocycles. The van der Waals surface area contributed by atoms with Crippen molar-refractivity contribution >= 4 is 58.0 Å². The van der Waals surface area contributed by atoms with Crippen LogP contribution in [0.5, 0.6) is 0 Å². The highest BCUT2D eigenvalue weighted by atomic mass is 35.5. The standard InChI is InChI=1S/C24H18ClFN4O3S/c25-16-7-4-8-18(13-16)27-21(31)14-20-23(33)29(19-11-9-17(26)10-12-19)24(34)30(20)28-22(32)15-5-2-1-3-6-15/h1-13,20H,14H2,(H,27,31)(H,28,32). The number of hydrazine groups is 1. The van der Waals surface area contributed by atoms with Gasteiger partial charge in [-0.3, -0.25) is 24.7 Å². The van der Waals surface area contributed by atoms with E-state index in [2.05, 4.69) is 10.7 Å². The first-order chi connectivity index (χ1) is 16.3. The fourth-order valence-electron chi connectivity index (χ4n) is 3.44. The van der Waals surface area contributed by atoms with E-state index in [0.29, 0.717) is 22.0 Å². The smallest absolute Gasteiger partial charge is 0.269 e. The maximum atomic E-state index is 13.4. The number of rotatable bonds is 6. The van der Waals surface area contributed by atoms with E-state index in [9.17, 15) is 18.8 Å². The molecule has 1 heterocycles. The number of thiocarbonyl (C=S) groups is 1. The third-order valence-electron chi connectivity index (χ3n) is 5.04. The van der Waals surface area contributed by atoms with Crippen LogP contribution in [0.2, 0.25) is 5.02 Å². The fraction of sp³-hybridized carbons (Fsp3) is 0.0833. The van der Waals surface area contributed by atoms with Gasteiger partial charge in [0, 0.05) is 16.3 Å². The van der Waals surface area contributed by atoms with Crippen molar-refractivity contribution in [3.8, 4) is 0 Å². The molecule has 0 aliphatic carbocycles. The molecule has 0 radical (unpaired) electrons. The van der Waals surface area contributed by atoms with Crippen LogP contribution in [0.1, 0.15) is 16.8 Å². The lowest BCUT2D eigenvalue weighted by molar-refractivity contribution is -0.124. The Bertz CT molecular complexity index is 1260. The van der Waals surface area contributed by atoms with Gasteiger partial charge in [0.2, 0.25) is 11.0 Å². The first-order valence-corrected chi connectivity index (χ1v) is 11.0. The molecule has 3 amide bonds. The van der Waals surface area contributed by atoms with Crippen molar-refractivity contribution in [2.45, 2.75) is 12.5 Å². The average Bonchev–Trinajstić information content (AvgIpc) is 3.04. The van der Waals surface area contributed by atoms with Gasteiger partial charge in [0.1, 0.15) is 11.9 Å². The summed E-state index contributed by atoms with van der Waals surface area (Å²) in [5.74, 6) is -2.00. The molecule has 0 bridgehead atoms. The van der Waals surface area contributed by atoms with Crippen LogP contribution in [0, 0.1) is 5.82 Å². The first-order valence-electron chi connectivity index (χ1n) is 10.2. The van der Waals surface area contributed by atoms with Crippen molar-refractivity contribution in [2.75, 3.05) is 10.2 Å². The highest BCUT2D eigenvalue weighted by molar-refractivity contribution is 7.80. The van der Waals surface area contributed by atoms with Gasteiger partial charge in [0.25, 0.3) is 11.8 Å². The molecule has 3 aromatic carbocycles. The molecule has 10 heteroatoms. The molecule has 1 aliphatic rings. The zero-order valence-electron chi connectivity index (χ0n) is 17.6. The number of carbonyl (C=O) groups excluding carboxylic acids is 3. The molecular formula is C24H18ClFN4O3S. The minimum absolute atomic E-state index is 0.0403. The van der Waals surface area contributed by atoms with Gasteiger partial charge in [0.15, 0.2) is 0 Å². The number of hydrogen-bond donors (Lipinski definition) is 2. The molecule has 1 fully saturated rings. The van der Waals surface area contributed by atoms with E-state index in [-0.39, 0.29) is 11.5 Å². The Kier molecular flexibility index (Phi) is 6.85. The summed E-state index contributed by atoms with van der Waals surface area (Å²) in [6.07, 6.45) is -0.307. The van der Waals surface area contributed by atoms with Gasteiger partial charge in [-0.15, -0.1) is 0 Å². The number of anilines is 2. The predicted molar refractivity (Wildman–Crippen MR) is 131 cm³/mol. The number of carbonyl (C=O) groups is 3. The van der Waals surface area contributed by atoms with Crippen LogP contribution in [-0.4, -0.2) is 33.9 Å². The Morgan fingerprint density at radius 1 is 1.00 bits per heavy atom. The van der Waals surface area contributed by atoms with Gasteiger partial charge >= 0.3 is 0 Å². The summed E-state index contributed by atoms with van der Waals surface area (Å²) in [5.41, 5.74) is 3.75. The molecule has 3 aromatic rings. The van der Waals surface area contributed by atoms with Crippen LogP contribution < -0.4 is 15.6 Å². The van der Waals surface area contributed by atoms with Crippen LogP contribution in [0.4, 0.5) is 15.8 Å². The molecule has 0 saturated carbocycles. The van der Waals surface area contributed by atoms with Crippen molar-refractivity contribution in [3.63, 3.8) is 0 Å². The van der Waals surface area contributed by atoms with Crippen LogP contribution in [0.25, 0.3) is 0 Å². The summed E-state index contributed by atoms with van der Waals surface area (Å²) in [7, 11) is 0. The minimum Gasteiger partial charge on any atom is -0.326 e. The summed E-state index contributed by atoms with van der Waals surface area (Å²) < 4.78 is 13.4. The van der Waals surface area contributed by atoms with Gasteiger partial charge in [-0.05, 0) is 66.8 Å². The molecule has 1 atom stereocenters. The maximum absolute atomic E-state index is 13.4. The molecule has 172 valence electrons. The number of halogens is 2. The molecule has 34 heavy (non-hydrogen) atoms. The summed E-state index contributed by atoms with van der Waals surface area (Å²) in [5, 5.41) is 4.27. The monoisotopic (exact) mass is 496 g/mol. The first kappa shape index (κ1) is 23.3. The molecule has 1 aliphatic heterocycles. The van der Waals surface area contributed by atoms with Crippen LogP contribution >= 0.6 is 23.8 Å². The van der Waals surface area contributed by atoms with E-state index >= 15 is 0 Å². The second-order valence-electron chi connectivity index (χ2n) is 7.39. The van der Waals surface area contributed by atoms with Gasteiger partial charge in [-0.25, -0.2) is 9.40 Å². The number of amides is 3. The lowest BCUT2D eigenvalue weighted by atomic mass is 10.1. The molecule has 1 saturated heterocycles. The fourth-order valence-corrected chi connectivity index (χ4v) is 4.00. The SMILES string of the molecule is O=C(CC1C(=O)N(c2ccc(F)cc2)C(=S)N1NC(=O)c1ccccc1)Nc1cccc(Cl)c1. The van der Waals surface area contributed by atoms with Crippen molar-refractivity contribution < 1.29 is 18.8 Å². The predicted octanol–water partition coefficient (Wildman–Crippen LogP) is 4.16. The zero-order chi connectivity index (χ0) is 24.2. The number of nitrogens with zero attached hydrogens (tertiary/aromatic N) is 2. The summed E-state index contributed by atoms with van der Waals surface area (Å²) in [4.78, 5) is 40.0. The molecule has 2 N–H and O–H groups in total. The third-order valence-corrected chi connectivity index (χ3v) is 5.66. The minimum atomic E-state index is -1.12. The normalized spacial score (nSPS) is 15.4. The average molecular weight is 497 g/mol. The topological polar surface area (TPSA) is 81.8 Å². The highest BCUT2D eigenvalue weighted by Crippen LogP contribution is 2.27. The van der Waals surface area contributed by atoms with Crippen molar-refractivity contribution in [2.24, 2.45) is 0 Å². The Morgan fingerprint density at radius 3 is 2.38 bits per heavy atom. The second kappa shape index (κ2) is 9.98. The molecule has 1 unspecified atom stereocenters. The number of nitrogens with one attached hydrogen (secondary N) is 2. The van der Waals surface area contributed by atoms with Crippen molar-refractivity contribution in [3.05, 3.63) is 95.3 Å². The largest absolute Gasteiger partial charge is 0.326 e. The quantitative estimate of drug-likeness (QED) is 0.501. The lowest BCUT2D eigenvalue weighted by Gasteiger charge is -2.24. The van der Waals surface area contributed by atoms with E-state index in [4.69, 9.17) is 23.8 Å².